The molecule has 4 heteroatoms. The van der Waals surface area contributed by atoms with E-state index in [9.17, 15) is 4.79 Å². The smallest absolute Gasteiger partial charge is 0.245 e. The number of piperidine rings is 1. The largest absolute Gasteiger partial charge is 0.497 e. The van der Waals surface area contributed by atoms with Crippen LogP contribution in [0.4, 0.5) is 0 Å². The third kappa shape index (κ3) is 3.26. The SMILES string of the molecule is CCC1CCCCN1C(=O)C(Cl)c1ccc(OC)cc1. The number of alkyl halides is 1. The number of nitrogens with zero attached hydrogens (tertiary/aromatic N) is 1. The quantitative estimate of drug-likeness (QED) is 0.792. The summed E-state index contributed by atoms with van der Waals surface area (Å²) < 4.78 is 5.12. The van der Waals surface area contributed by atoms with Gasteiger partial charge in [-0.05, 0) is 43.4 Å². The van der Waals surface area contributed by atoms with Gasteiger partial charge in [0.25, 0.3) is 0 Å². The zero-order chi connectivity index (χ0) is 14.5. The Morgan fingerprint density at radius 2 is 2.10 bits per heavy atom. The molecule has 2 atom stereocenters. The number of halogens is 1. The Labute approximate surface area is 125 Å². The summed E-state index contributed by atoms with van der Waals surface area (Å²) in [6.45, 7) is 2.96. The van der Waals surface area contributed by atoms with Gasteiger partial charge < -0.3 is 9.64 Å². The van der Waals surface area contributed by atoms with Gasteiger partial charge in [0.05, 0.1) is 7.11 Å². The van der Waals surface area contributed by atoms with Crippen molar-refractivity contribution in [2.24, 2.45) is 0 Å². The van der Waals surface area contributed by atoms with Gasteiger partial charge in [0, 0.05) is 12.6 Å². The van der Waals surface area contributed by atoms with Crippen molar-refractivity contribution in [2.45, 2.75) is 44.0 Å². The number of hydrogen-bond acceptors (Lipinski definition) is 2. The third-order valence-electron chi connectivity index (χ3n) is 4.01. The van der Waals surface area contributed by atoms with E-state index in [1.165, 1.54) is 6.42 Å². The zero-order valence-electron chi connectivity index (χ0n) is 12.1. The molecule has 20 heavy (non-hydrogen) atoms. The standard InChI is InChI=1S/C16H22ClNO2/c1-3-13-6-4-5-11-18(13)16(19)15(17)12-7-9-14(20-2)10-8-12/h7-10,13,15H,3-6,11H2,1-2H3. The Balaban J connectivity index is 2.10. The molecule has 2 unspecified atom stereocenters. The number of likely N-dealkylation sites (tertiary alicyclic amines) is 1. The maximum atomic E-state index is 12.6. The summed E-state index contributed by atoms with van der Waals surface area (Å²) in [5.41, 5.74) is 0.831. The number of benzene rings is 1. The van der Waals surface area contributed by atoms with Gasteiger partial charge in [-0.25, -0.2) is 0 Å². The second-order valence-corrected chi connectivity index (χ2v) is 5.66. The minimum absolute atomic E-state index is 0.0309. The van der Waals surface area contributed by atoms with Crippen LogP contribution in [0.25, 0.3) is 0 Å². The second kappa shape index (κ2) is 6.98. The molecule has 3 nitrogen and oxygen atoms in total. The first-order valence-electron chi connectivity index (χ1n) is 7.26. The van der Waals surface area contributed by atoms with Crippen LogP contribution < -0.4 is 4.74 Å². The van der Waals surface area contributed by atoms with Crippen LogP contribution in [0.15, 0.2) is 24.3 Å². The van der Waals surface area contributed by atoms with E-state index in [2.05, 4.69) is 6.92 Å². The van der Waals surface area contributed by atoms with Gasteiger partial charge in [0.15, 0.2) is 0 Å². The van der Waals surface area contributed by atoms with Crippen LogP contribution in [0.2, 0.25) is 0 Å². The molecular formula is C16H22ClNO2. The molecule has 0 aromatic heterocycles. The van der Waals surface area contributed by atoms with Crippen molar-refractivity contribution >= 4 is 17.5 Å². The molecule has 0 radical (unpaired) electrons. The minimum Gasteiger partial charge on any atom is -0.497 e. The molecule has 1 aliphatic rings. The lowest BCUT2D eigenvalue weighted by Crippen LogP contribution is -2.44. The molecule has 0 bridgehead atoms. The first-order chi connectivity index (χ1) is 9.67. The first kappa shape index (κ1) is 15.2. The van der Waals surface area contributed by atoms with Crippen LogP contribution in [-0.2, 0) is 4.79 Å². The predicted molar refractivity (Wildman–Crippen MR) is 81.2 cm³/mol. The highest BCUT2D eigenvalue weighted by Crippen LogP contribution is 2.29. The van der Waals surface area contributed by atoms with Crippen molar-refractivity contribution in [1.82, 2.24) is 4.90 Å². The average Bonchev–Trinajstić information content (AvgIpc) is 2.53. The van der Waals surface area contributed by atoms with Crippen LogP contribution in [0.1, 0.15) is 43.5 Å². The van der Waals surface area contributed by atoms with Crippen LogP contribution >= 0.6 is 11.6 Å². The monoisotopic (exact) mass is 295 g/mol. The minimum atomic E-state index is -0.604. The molecule has 1 aliphatic heterocycles. The highest BCUT2D eigenvalue weighted by Gasteiger charge is 2.30. The summed E-state index contributed by atoms with van der Waals surface area (Å²) in [4.78, 5) is 14.5. The fourth-order valence-corrected chi connectivity index (χ4v) is 3.05. The van der Waals surface area contributed by atoms with Gasteiger partial charge >= 0.3 is 0 Å². The fourth-order valence-electron chi connectivity index (χ4n) is 2.78. The van der Waals surface area contributed by atoms with Crippen molar-refractivity contribution in [3.05, 3.63) is 29.8 Å². The van der Waals surface area contributed by atoms with Crippen LogP contribution in [-0.4, -0.2) is 30.5 Å². The number of amides is 1. The molecule has 1 aromatic carbocycles. The predicted octanol–water partition coefficient (Wildman–Crippen LogP) is 3.77. The second-order valence-electron chi connectivity index (χ2n) is 5.23. The van der Waals surface area contributed by atoms with E-state index in [4.69, 9.17) is 16.3 Å². The lowest BCUT2D eigenvalue weighted by Gasteiger charge is -2.36. The number of methoxy groups -OCH3 is 1. The van der Waals surface area contributed by atoms with E-state index in [1.807, 2.05) is 29.2 Å². The van der Waals surface area contributed by atoms with E-state index in [-0.39, 0.29) is 5.91 Å². The van der Waals surface area contributed by atoms with E-state index in [1.54, 1.807) is 7.11 Å². The summed E-state index contributed by atoms with van der Waals surface area (Å²) in [7, 11) is 1.62. The number of hydrogen-bond donors (Lipinski definition) is 0. The molecule has 1 aromatic rings. The molecule has 0 spiro atoms. The average molecular weight is 296 g/mol. The molecule has 1 heterocycles. The summed E-state index contributed by atoms with van der Waals surface area (Å²) >= 11 is 6.38. The Kier molecular flexibility index (Phi) is 5.30. The van der Waals surface area contributed by atoms with Crippen molar-refractivity contribution in [1.29, 1.82) is 0 Å². The summed E-state index contributed by atoms with van der Waals surface area (Å²) in [5.74, 6) is 0.804. The zero-order valence-corrected chi connectivity index (χ0v) is 12.9. The number of rotatable bonds is 4. The topological polar surface area (TPSA) is 29.5 Å². The lowest BCUT2D eigenvalue weighted by atomic mass is 9.99. The van der Waals surface area contributed by atoms with E-state index >= 15 is 0 Å². The number of ether oxygens (including phenoxy) is 1. The molecular weight excluding hydrogens is 274 g/mol. The first-order valence-corrected chi connectivity index (χ1v) is 7.69. The van der Waals surface area contributed by atoms with Crippen LogP contribution in [0.5, 0.6) is 5.75 Å². The molecule has 1 saturated heterocycles. The van der Waals surface area contributed by atoms with Gasteiger partial charge in [-0.15, -0.1) is 11.6 Å². The maximum Gasteiger partial charge on any atom is 0.245 e. The molecule has 0 N–H and O–H groups in total. The normalized spacial score (nSPS) is 20.6. The highest BCUT2D eigenvalue weighted by molar-refractivity contribution is 6.30. The summed E-state index contributed by atoms with van der Waals surface area (Å²) in [5, 5.41) is -0.604. The molecule has 0 aliphatic carbocycles. The molecule has 2 rings (SSSR count). The van der Waals surface area contributed by atoms with Crippen LogP contribution in [0, 0.1) is 0 Å². The lowest BCUT2D eigenvalue weighted by molar-refractivity contribution is -0.134. The molecule has 110 valence electrons. The van der Waals surface area contributed by atoms with Gasteiger partial charge in [-0.3, -0.25) is 4.79 Å². The fraction of sp³-hybridized carbons (Fsp3) is 0.562. The Bertz CT molecular complexity index is 446. The molecule has 1 amide bonds. The van der Waals surface area contributed by atoms with Crippen molar-refractivity contribution < 1.29 is 9.53 Å². The maximum absolute atomic E-state index is 12.6. The van der Waals surface area contributed by atoms with Gasteiger partial charge in [-0.1, -0.05) is 19.1 Å². The molecule has 1 fully saturated rings. The van der Waals surface area contributed by atoms with E-state index in [0.717, 1.165) is 37.1 Å². The van der Waals surface area contributed by atoms with E-state index < -0.39 is 5.38 Å². The Morgan fingerprint density at radius 1 is 1.40 bits per heavy atom. The van der Waals surface area contributed by atoms with Gasteiger partial charge in [0.1, 0.15) is 11.1 Å². The molecule has 0 saturated carbocycles. The van der Waals surface area contributed by atoms with Crippen molar-refractivity contribution in [3.8, 4) is 5.75 Å². The highest BCUT2D eigenvalue weighted by atomic mass is 35.5. The number of carbonyl (C=O) groups excluding carboxylic acids is 1. The third-order valence-corrected chi connectivity index (χ3v) is 4.45. The van der Waals surface area contributed by atoms with Crippen molar-refractivity contribution in [2.75, 3.05) is 13.7 Å². The summed E-state index contributed by atoms with van der Waals surface area (Å²) in [6.07, 6.45) is 4.37. The Hall–Kier alpha value is -1.22. The Morgan fingerprint density at radius 3 is 2.70 bits per heavy atom. The van der Waals surface area contributed by atoms with Crippen LogP contribution in [0.3, 0.4) is 0 Å². The van der Waals surface area contributed by atoms with Crippen molar-refractivity contribution in [3.63, 3.8) is 0 Å². The number of carbonyl (C=O) groups is 1. The summed E-state index contributed by atoms with van der Waals surface area (Å²) in [6, 6.07) is 7.74. The van der Waals surface area contributed by atoms with Gasteiger partial charge in [-0.2, -0.15) is 0 Å². The van der Waals surface area contributed by atoms with Gasteiger partial charge in [0.2, 0.25) is 5.91 Å². The van der Waals surface area contributed by atoms with E-state index in [0.29, 0.717) is 6.04 Å².